The van der Waals surface area contributed by atoms with E-state index in [4.69, 9.17) is 11.6 Å². The van der Waals surface area contributed by atoms with E-state index in [0.717, 1.165) is 11.4 Å². The molecule has 0 spiro atoms. The standard InChI is InChI=1S/C16H17ClN4O3/c1-19(2)16(24)20-8-7-13-12(9-20)14(15(22)23)18-21(13)11-5-3-10(17)4-6-11/h3-6H,7-9H2,1-2H3,(H,22,23). The van der Waals surface area contributed by atoms with Gasteiger partial charge in [-0.05, 0) is 24.3 Å². The molecule has 0 saturated heterocycles. The topological polar surface area (TPSA) is 78.7 Å². The first-order valence-corrected chi connectivity index (χ1v) is 7.82. The highest BCUT2D eigenvalue weighted by molar-refractivity contribution is 6.30. The summed E-state index contributed by atoms with van der Waals surface area (Å²) in [6, 6.07) is 6.90. The van der Waals surface area contributed by atoms with Gasteiger partial charge in [-0.1, -0.05) is 11.6 Å². The van der Waals surface area contributed by atoms with Gasteiger partial charge in [0.25, 0.3) is 0 Å². The Labute approximate surface area is 144 Å². The maximum atomic E-state index is 12.2. The Morgan fingerprint density at radius 1 is 1.25 bits per heavy atom. The quantitative estimate of drug-likeness (QED) is 0.903. The van der Waals surface area contributed by atoms with Crippen LogP contribution in [0.15, 0.2) is 24.3 Å². The third-order valence-electron chi connectivity index (χ3n) is 3.98. The molecule has 2 aromatic rings. The van der Waals surface area contributed by atoms with Crippen LogP contribution in [0.5, 0.6) is 0 Å². The number of urea groups is 1. The van der Waals surface area contributed by atoms with Gasteiger partial charge in [0, 0.05) is 37.6 Å². The monoisotopic (exact) mass is 348 g/mol. The minimum absolute atomic E-state index is 0.0174. The van der Waals surface area contributed by atoms with Crippen LogP contribution in [0.2, 0.25) is 5.02 Å². The summed E-state index contributed by atoms with van der Waals surface area (Å²) in [6.07, 6.45) is 0.540. The number of halogens is 1. The zero-order chi connectivity index (χ0) is 17.4. The molecule has 0 atom stereocenters. The molecule has 0 unspecified atom stereocenters. The highest BCUT2D eigenvalue weighted by Crippen LogP contribution is 2.26. The van der Waals surface area contributed by atoms with Crippen molar-refractivity contribution in [3.8, 4) is 5.69 Å². The molecule has 0 saturated carbocycles. The predicted octanol–water partition coefficient (Wildman–Crippen LogP) is 2.26. The molecule has 8 heteroatoms. The van der Waals surface area contributed by atoms with Crippen molar-refractivity contribution >= 4 is 23.6 Å². The second kappa shape index (κ2) is 6.16. The zero-order valence-electron chi connectivity index (χ0n) is 13.4. The summed E-state index contributed by atoms with van der Waals surface area (Å²) < 4.78 is 1.63. The number of nitrogens with zero attached hydrogens (tertiary/aromatic N) is 4. The van der Waals surface area contributed by atoms with Crippen LogP contribution in [0.4, 0.5) is 4.79 Å². The maximum Gasteiger partial charge on any atom is 0.356 e. The number of aromatic carboxylic acids is 1. The minimum Gasteiger partial charge on any atom is -0.476 e. The highest BCUT2D eigenvalue weighted by atomic mass is 35.5. The molecule has 2 heterocycles. The molecule has 2 amide bonds. The van der Waals surface area contributed by atoms with Gasteiger partial charge in [0.15, 0.2) is 5.69 Å². The first-order valence-electron chi connectivity index (χ1n) is 7.44. The number of carboxylic acid groups (broad SMARTS) is 1. The Hall–Kier alpha value is -2.54. The number of fused-ring (bicyclic) bond motifs is 1. The van der Waals surface area contributed by atoms with Crippen molar-refractivity contribution in [1.82, 2.24) is 19.6 Å². The van der Waals surface area contributed by atoms with Crippen molar-refractivity contribution in [2.75, 3.05) is 20.6 Å². The molecule has 24 heavy (non-hydrogen) atoms. The summed E-state index contributed by atoms with van der Waals surface area (Å²) in [7, 11) is 3.35. The first-order chi connectivity index (χ1) is 11.4. The van der Waals surface area contributed by atoms with E-state index in [2.05, 4.69) is 5.10 Å². The number of hydrogen-bond acceptors (Lipinski definition) is 3. The average Bonchev–Trinajstić information content (AvgIpc) is 2.93. The van der Waals surface area contributed by atoms with Gasteiger partial charge in [-0.3, -0.25) is 0 Å². The number of carboxylic acids is 1. The number of aromatic nitrogens is 2. The Morgan fingerprint density at radius 2 is 1.92 bits per heavy atom. The summed E-state index contributed by atoms with van der Waals surface area (Å²) in [6.45, 7) is 0.754. The van der Waals surface area contributed by atoms with Crippen LogP contribution in [0.1, 0.15) is 21.7 Å². The summed E-state index contributed by atoms with van der Waals surface area (Å²) in [5.74, 6) is -1.10. The van der Waals surface area contributed by atoms with Crippen LogP contribution in [-0.4, -0.2) is 57.3 Å². The lowest BCUT2D eigenvalue weighted by molar-refractivity contribution is 0.0687. The molecule has 0 radical (unpaired) electrons. The van der Waals surface area contributed by atoms with Crippen molar-refractivity contribution in [2.24, 2.45) is 0 Å². The molecule has 7 nitrogen and oxygen atoms in total. The van der Waals surface area contributed by atoms with Crippen molar-refractivity contribution in [3.05, 3.63) is 46.2 Å². The summed E-state index contributed by atoms with van der Waals surface area (Å²) in [4.78, 5) is 26.8. The second-order valence-electron chi connectivity index (χ2n) is 5.82. The van der Waals surface area contributed by atoms with E-state index in [1.807, 2.05) is 0 Å². The van der Waals surface area contributed by atoms with Crippen molar-refractivity contribution in [1.29, 1.82) is 0 Å². The fourth-order valence-electron chi connectivity index (χ4n) is 2.83. The van der Waals surface area contributed by atoms with Gasteiger partial charge < -0.3 is 14.9 Å². The van der Waals surface area contributed by atoms with Crippen LogP contribution in [-0.2, 0) is 13.0 Å². The molecular formula is C16H17ClN4O3. The molecule has 3 rings (SSSR count). The van der Waals surface area contributed by atoms with E-state index >= 15 is 0 Å². The van der Waals surface area contributed by atoms with E-state index in [1.165, 1.54) is 4.90 Å². The lowest BCUT2D eigenvalue weighted by atomic mass is 10.1. The Balaban J connectivity index is 2.04. The molecule has 1 N–H and O–H groups in total. The van der Waals surface area contributed by atoms with Crippen LogP contribution < -0.4 is 0 Å². The number of carbonyl (C=O) groups excluding carboxylic acids is 1. The molecule has 1 aliphatic heterocycles. The van der Waals surface area contributed by atoms with Crippen LogP contribution >= 0.6 is 11.6 Å². The second-order valence-corrected chi connectivity index (χ2v) is 6.25. The summed E-state index contributed by atoms with van der Waals surface area (Å²) in [5, 5.41) is 14.3. The van der Waals surface area contributed by atoms with E-state index < -0.39 is 5.97 Å². The van der Waals surface area contributed by atoms with Crippen LogP contribution in [0.3, 0.4) is 0 Å². The zero-order valence-corrected chi connectivity index (χ0v) is 14.1. The number of hydrogen-bond donors (Lipinski definition) is 1. The number of carbonyl (C=O) groups is 2. The van der Waals surface area contributed by atoms with Crippen LogP contribution in [0, 0.1) is 0 Å². The number of amides is 2. The fourth-order valence-corrected chi connectivity index (χ4v) is 2.96. The average molecular weight is 349 g/mol. The van der Waals surface area contributed by atoms with E-state index in [-0.39, 0.29) is 18.3 Å². The molecule has 0 bridgehead atoms. The maximum absolute atomic E-state index is 12.2. The molecule has 1 aliphatic rings. The first kappa shape index (κ1) is 16.3. The molecule has 1 aromatic carbocycles. The smallest absolute Gasteiger partial charge is 0.356 e. The van der Waals surface area contributed by atoms with E-state index in [9.17, 15) is 14.7 Å². The highest BCUT2D eigenvalue weighted by Gasteiger charge is 2.30. The lowest BCUT2D eigenvalue weighted by Crippen LogP contribution is -2.42. The molecule has 0 fully saturated rings. The Kier molecular flexibility index (Phi) is 4.19. The third-order valence-corrected chi connectivity index (χ3v) is 4.24. The van der Waals surface area contributed by atoms with Crippen molar-refractivity contribution < 1.29 is 14.7 Å². The van der Waals surface area contributed by atoms with Gasteiger partial charge in [0.2, 0.25) is 0 Å². The Bertz CT molecular complexity index is 798. The summed E-state index contributed by atoms with van der Waals surface area (Å²) in [5.41, 5.74) is 2.13. The van der Waals surface area contributed by atoms with Gasteiger partial charge >= 0.3 is 12.0 Å². The number of rotatable bonds is 2. The SMILES string of the molecule is CN(C)C(=O)N1CCc2c(c(C(=O)O)nn2-c2ccc(Cl)cc2)C1. The van der Waals surface area contributed by atoms with Gasteiger partial charge in [-0.15, -0.1) is 0 Å². The molecule has 126 valence electrons. The van der Waals surface area contributed by atoms with E-state index in [0.29, 0.717) is 23.6 Å². The fraction of sp³-hybridized carbons (Fsp3) is 0.312. The molecular weight excluding hydrogens is 332 g/mol. The third kappa shape index (κ3) is 2.82. The van der Waals surface area contributed by atoms with E-state index in [1.54, 1.807) is 47.9 Å². The van der Waals surface area contributed by atoms with Gasteiger partial charge in [-0.2, -0.15) is 5.10 Å². The Morgan fingerprint density at radius 3 is 2.50 bits per heavy atom. The van der Waals surface area contributed by atoms with Gasteiger partial charge in [0.05, 0.1) is 17.9 Å². The van der Waals surface area contributed by atoms with Crippen molar-refractivity contribution in [2.45, 2.75) is 13.0 Å². The molecule has 0 aliphatic carbocycles. The van der Waals surface area contributed by atoms with Gasteiger partial charge in [-0.25, -0.2) is 14.3 Å². The van der Waals surface area contributed by atoms with Crippen LogP contribution in [0.25, 0.3) is 5.69 Å². The normalized spacial score (nSPS) is 13.5. The predicted molar refractivity (Wildman–Crippen MR) is 88.7 cm³/mol. The number of benzene rings is 1. The largest absolute Gasteiger partial charge is 0.476 e. The van der Waals surface area contributed by atoms with Crippen molar-refractivity contribution in [3.63, 3.8) is 0 Å². The van der Waals surface area contributed by atoms with Gasteiger partial charge in [0.1, 0.15) is 0 Å². The lowest BCUT2D eigenvalue weighted by Gasteiger charge is -2.30. The summed E-state index contributed by atoms with van der Waals surface area (Å²) >= 11 is 5.91. The minimum atomic E-state index is -1.10. The molecule has 1 aromatic heterocycles.